The molecule has 0 saturated heterocycles. The third kappa shape index (κ3) is 3.20. The van der Waals surface area contributed by atoms with Crippen molar-refractivity contribution in [2.75, 3.05) is 18.0 Å². The molecule has 0 bridgehead atoms. The summed E-state index contributed by atoms with van der Waals surface area (Å²) in [5.41, 5.74) is 1.23. The fourth-order valence-corrected chi connectivity index (χ4v) is 1.74. The van der Waals surface area contributed by atoms with E-state index in [1.807, 2.05) is 11.8 Å². The highest BCUT2D eigenvalue weighted by Crippen LogP contribution is 2.21. The van der Waals surface area contributed by atoms with Crippen LogP contribution in [0.5, 0.6) is 0 Å². The van der Waals surface area contributed by atoms with E-state index in [0.29, 0.717) is 17.2 Å². The highest BCUT2D eigenvalue weighted by molar-refractivity contribution is 5.49. The molecule has 0 atom stereocenters. The number of benzene rings is 1. The molecule has 0 aliphatic rings. The van der Waals surface area contributed by atoms with E-state index in [2.05, 4.69) is 13.8 Å². The largest absolute Gasteiger partial charge is 0.392 e. The first-order valence-electron chi connectivity index (χ1n) is 5.72. The molecule has 16 heavy (non-hydrogen) atoms. The third-order valence-electron chi connectivity index (χ3n) is 2.50. The van der Waals surface area contributed by atoms with Gasteiger partial charge in [-0.2, -0.15) is 0 Å². The Hall–Kier alpha value is -1.09. The maximum absolute atomic E-state index is 13.8. The van der Waals surface area contributed by atoms with Gasteiger partial charge in [-0.15, -0.1) is 0 Å². The Balaban J connectivity index is 2.92. The number of aliphatic hydroxyl groups is 1. The van der Waals surface area contributed by atoms with Gasteiger partial charge in [-0.05, 0) is 30.5 Å². The van der Waals surface area contributed by atoms with Gasteiger partial charge in [-0.25, -0.2) is 4.39 Å². The standard InChI is InChI=1S/C13H20FNO/c1-4-15(8-10(2)3)13-6-5-11(9-16)7-12(13)14/h5-7,10,16H,4,8-9H2,1-3H3. The lowest BCUT2D eigenvalue weighted by molar-refractivity contribution is 0.281. The topological polar surface area (TPSA) is 23.5 Å². The zero-order chi connectivity index (χ0) is 12.1. The normalized spacial score (nSPS) is 10.9. The number of halogens is 1. The molecule has 2 nitrogen and oxygen atoms in total. The number of anilines is 1. The minimum atomic E-state index is -0.256. The fourth-order valence-electron chi connectivity index (χ4n) is 1.74. The molecule has 0 fully saturated rings. The van der Waals surface area contributed by atoms with Crippen LogP contribution in [-0.2, 0) is 6.61 Å². The van der Waals surface area contributed by atoms with Crippen molar-refractivity contribution in [1.29, 1.82) is 0 Å². The molecule has 0 spiro atoms. The van der Waals surface area contributed by atoms with Crippen molar-refractivity contribution in [1.82, 2.24) is 0 Å². The lowest BCUT2D eigenvalue weighted by Crippen LogP contribution is -2.28. The summed E-state index contributed by atoms with van der Waals surface area (Å²) < 4.78 is 13.8. The second kappa shape index (κ2) is 5.85. The number of hydrogen-bond donors (Lipinski definition) is 1. The molecule has 0 unspecified atom stereocenters. The number of rotatable bonds is 5. The van der Waals surface area contributed by atoms with E-state index in [1.165, 1.54) is 6.07 Å². The molecular weight excluding hydrogens is 205 g/mol. The Morgan fingerprint density at radius 1 is 1.38 bits per heavy atom. The van der Waals surface area contributed by atoms with E-state index in [1.54, 1.807) is 12.1 Å². The summed E-state index contributed by atoms with van der Waals surface area (Å²) in [6.07, 6.45) is 0. The van der Waals surface area contributed by atoms with E-state index >= 15 is 0 Å². The second-order valence-electron chi connectivity index (χ2n) is 4.38. The van der Waals surface area contributed by atoms with Crippen molar-refractivity contribution in [3.63, 3.8) is 0 Å². The van der Waals surface area contributed by atoms with Crippen LogP contribution in [0.3, 0.4) is 0 Å². The molecule has 1 aromatic carbocycles. The predicted octanol–water partition coefficient (Wildman–Crippen LogP) is 2.80. The lowest BCUT2D eigenvalue weighted by Gasteiger charge is -2.25. The molecule has 1 aromatic rings. The first-order chi connectivity index (χ1) is 7.58. The summed E-state index contributed by atoms with van der Waals surface area (Å²) in [6.45, 7) is 7.75. The van der Waals surface area contributed by atoms with Crippen LogP contribution >= 0.6 is 0 Å². The smallest absolute Gasteiger partial charge is 0.146 e. The monoisotopic (exact) mass is 225 g/mol. The van der Waals surface area contributed by atoms with Gasteiger partial charge >= 0.3 is 0 Å². The van der Waals surface area contributed by atoms with Gasteiger partial charge in [-0.3, -0.25) is 0 Å². The zero-order valence-corrected chi connectivity index (χ0v) is 10.2. The second-order valence-corrected chi connectivity index (χ2v) is 4.38. The summed E-state index contributed by atoms with van der Waals surface area (Å²) in [6, 6.07) is 4.91. The van der Waals surface area contributed by atoms with Crippen molar-refractivity contribution in [3.8, 4) is 0 Å². The molecule has 0 heterocycles. The molecule has 1 N–H and O–H groups in total. The fraction of sp³-hybridized carbons (Fsp3) is 0.538. The average Bonchev–Trinajstić information content (AvgIpc) is 2.25. The van der Waals surface area contributed by atoms with Crippen molar-refractivity contribution in [2.45, 2.75) is 27.4 Å². The molecule has 0 aliphatic carbocycles. The highest BCUT2D eigenvalue weighted by atomic mass is 19.1. The van der Waals surface area contributed by atoms with Crippen molar-refractivity contribution < 1.29 is 9.50 Å². The van der Waals surface area contributed by atoms with Crippen molar-refractivity contribution in [3.05, 3.63) is 29.6 Å². The maximum atomic E-state index is 13.8. The summed E-state index contributed by atoms with van der Waals surface area (Å²) in [7, 11) is 0. The lowest BCUT2D eigenvalue weighted by atomic mass is 10.1. The summed E-state index contributed by atoms with van der Waals surface area (Å²) in [4.78, 5) is 2.02. The maximum Gasteiger partial charge on any atom is 0.146 e. The first-order valence-corrected chi connectivity index (χ1v) is 5.72. The SMILES string of the molecule is CCN(CC(C)C)c1ccc(CO)cc1F. The van der Waals surface area contributed by atoms with Crippen LogP contribution in [0, 0.1) is 11.7 Å². The van der Waals surface area contributed by atoms with Gasteiger partial charge in [0.05, 0.1) is 12.3 Å². The predicted molar refractivity (Wildman–Crippen MR) is 65.0 cm³/mol. The van der Waals surface area contributed by atoms with Gasteiger partial charge in [-0.1, -0.05) is 19.9 Å². The van der Waals surface area contributed by atoms with Gasteiger partial charge in [0.25, 0.3) is 0 Å². The number of aliphatic hydroxyl groups excluding tert-OH is 1. The minimum absolute atomic E-state index is 0.118. The van der Waals surface area contributed by atoms with Gasteiger partial charge in [0.2, 0.25) is 0 Å². The Morgan fingerprint density at radius 2 is 2.06 bits per heavy atom. The van der Waals surface area contributed by atoms with Gasteiger partial charge in [0, 0.05) is 13.1 Å². The summed E-state index contributed by atoms with van der Waals surface area (Å²) >= 11 is 0. The Bertz CT molecular complexity index is 339. The third-order valence-corrected chi connectivity index (χ3v) is 2.50. The summed E-state index contributed by atoms with van der Waals surface area (Å²) in [5, 5.41) is 8.91. The average molecular weight is 225 g/mol. The van der Waals surface area contributed by atoms with Gasteiger partial charge in [0.1, 0.15) is 5.82 Å². The molecule has 90 valence electrons. The van der Waals surface area contributed by atoms with Crippen LogP contribution in [0.4, 0.5) is 10.1 Å². The number of hydrogen-bond acceptors (Lipinski definition) is 2. The molecular formula is C13H20FNO. The summed E-state index contributed by atoms with van der Waals surface area (Å²) in [5.74, 6) is 0.242. The van der Waals surface area contributed by atoms with E-state index in [4.69, 9.17) is 5.11 Å². The quantitative estimate of drug-likeness (QED) is 0.833. The van der Waals surface area contributed by atoms with Crippen molar-refractivity contribution in [2.24, 2.45) is 5.92 Å². The number of nitrogens with zero attached hydrogens (tertiary/aromatic N) is 1. The molecule has 3 heteroatoms. The molecule has 0 saturated carbocycles. The van der Waals surface area contributed by atoms with Crippen LogP contribution in [0.25, 0.3) is 0 Å². The van der Waals surface area contributed by atoms with Gasteiger partial charge < -0.3 is 10.0 Å². The molecule has 0 aromatic heterocycles. The van der Waals surface area contributed by atoms with E-state index in [-0.39, 0.29) is 12.4 Å². The van der Waals surface area contributed by atoms with E-state index in [0.717, 1.165) is 13.1 Å². The Morgan fingerprint density at radius 3 is 2.50 bits per heavy atom. The van der Waals surface area contributed by atoms with Gasteiger partial charge in [0.15, 0.2) is 0 Å². The van der Waals surface area contributed by atoms with Crippen LogP contribution < -0.4 is 4.90 Å². The van der Waals surface area contributed by atoms with Crippen LogP contribution in [0.15, 0.2) is 18.2 Å². The van der Waals surface area contributed by atoms with Crippen LogP contribution in [0.2, 0.25) is 0 Å². The van der Waals surface area contributed by atoms with E-state index in [9.17, 15) is 4.39 Å². The highest BCUT2D eigenvalue weighted by Gasteiger charge is 2.11. The van der Waals surface area contributed by atoms with E-state index < -0.39 is 0 Å². The molecule has 0 radical (unpaired) electrons. The molecule has 0 aliphatic heterocycles. The first kappa shape index (κ1) is 13.0. The van der Waals surface area contributed by atoms with Crippen LogP contribution in [-0.4, -0.2) is 18.2 Å². The Kier molecular flexibility index (Phi) is 4.74. The van der Waals surface area contributed by atoms with Crippen molar-refractivity contribution >= 4 is 5.69 Å². The Labute approximate surface area is 96.7 Å². The zero-order valence-electron chi connectivity index (χ0n) is 10.2. The van der Waals surface area contributed by atoms with Crippen LogP contribution in [0.1, 0.15) is 26.3 Å². The minimum Gasteiger partial charge on any atom is -0.392 e. The molecule has 0 amide bonds. The molecule has 1 rings (SSSR count).